The van der Waals surface area contributed by atoms with Crippen molar-refractivity contribution in [3.05, 3.63) is 64.4 Å². The van der Waals surface area contributed by atoms with Gasteiger partial charge in [-0.2, -0.15) is 0 Å². The number of hydrogen-bond donors (Lipinski definition) is 1. The lowest BCUT2D eigenvalue weighted by atomic mass is 9.89. The second kappa shape index (κ2) is 6.61. The lowest BCUT2D eigenvalue weighted by molar-refractivity contribution is -0.134. The third kappa shape index (κ3) is 3.26. The Bertz CT molecular complexity index is 809. The molecular weight excluding hydrogens is 331 g/mol. The van der Waals surface area contributed by atoms with Crippen LogP contribution in [0.1, 0.15) is 23.5 Å². The molecule has 2 amide bonds. The maximum atomic E-state index is 13.4. The number of hydrogen-bond acceptors (Lipinski definition) is 2. The molecule has 0 bridgehead atoms. The Morgan fingerprint density at radius 1 is 1.33 bits per heavy atom. The van der Waals surface area contributed by atoms with Crippen molar-refractivity contribution in [2.45, 2.75) is 18.9 Å². The number of benzene rings is 2. The van der Waals surface area contributed by atoms with Crippen molar-refractivity contribution >= 4 is 29.1 Å². The number of halogens is 2. The number of carbonyl (C=O) groups is 2. The highest BCUT2D eigenvalue weighted by molar-refractivity contribution is 6.31. The van der Waals surface area contributed by atoms with Gasteiger partial charge in [0.05, 0.1) is 5.92 Å². The molecule has 1 atom stereocenters. The lowest BCUT2D eigenvalue weighted by Gasteiger charge is -2.28. The molecule has 1 aliphatic heterocycles. The van der Waals surface area contributed by atoms with E-state index < -0.39 is 11.7 Å². The Morgan fingerprint density at radius 2 is 2.08 bits per heavy atom. The predicted octanol–water partition coefficient (Wildman–Crippen LogP) is 3.56. The summed E-state index contributed by atoms with van der Waals surface area (Å²) < 4.78 is 13.4. The van der Waals surface area contributed by atoms with Gasteiger partial charge in [0.25, 0.3) is 0 Å². The summed E-state index contributed by atoms with van der Waals surface area (Å²) in [6, 6.07) is 11.4. The lowest BCUT2D eigenvalue weighted by Crippen LogP contribution is -2.36. The molecule has 0 aliphatic carbocycles. The van der Waals surface area contributed by atoms with E-state index in [1.165, 1.54) is 17.0 Å². The molecule has 2 aromatic carbocycles. The number of likely N-dealkylation sites (N-methyl/N-ethyl adjacent to an activating group) is 1. The fraction of sp³-hybridized carbons (Fsp3) is 0.222. The first-order valence-corrected chi connectivity index (χ1v) is 7.91. The molecule has 24 heavy (non-hydrogen) atoms. The van der Waals surface area contributed by atoms with Gasteiger partial charge in [-0.1, -0.05) is 35.9 Å². The number of fused-ring (bicyclic) bond motifs is 1. The second-order valence-electron chi connectivity index (χ2n) is 5.82. The molecule has 1 unspecified atom stereocenters. The van der Waals surface area contributed by atoms with Crippen LogP contribution in [0.15, 0.2) is 42.5 Å². The Morgan fingerprint density at radius 3 is 2.83 bits per heavy atom. The van der Waals surface area contributed by atoms with Gasteiger partial charge in [-0.25, -0.2) is 4.39 Å². The summed E-state index contributed by atoms with van der Waals surface area (Å²) >= 11 is 6.14. The number of rotatable bonds is 3. The van der Waals surface area contributed by atoms with Gasteiger partial charge in [0.15, 0.2) is 0 Å². The molecule has 0 aromatic heterocycles. The van der Waals surface area contributed by atoms with E-state index in [1.54, 1.807) is 19.2 Å². The van der Waals surface area contributed by atoms with Gasteiger partial charge in [0.1, 0.15) is 5.82 Å². The standard InChI is InChI=1S/C18H16ClFN2O2/c1-22(10-11-4-2-3-5-15(11)19)18(24)14-9-17(23)21-16-8-12(20)6-7-13(14)16/h2-8,14H,9-10H2,1H3,(H,21,23). The van der Waals surface area contributed by atoms with Crippen molar-refractivity contribution < 1.29 is 14.0 Å². The molecule has 1 heterocycles. The van der Waals surface area contributed by atoms with E-state index in [0.29, 0.717) is 22.8 Å². The molecule has 3 rings (SSSR count). The Hall–Kier alpha value is -2.40. The van der Waals surface area contributed by atoms with Crippen molar-refractivity contribution in [2.24, 2.45) is 0 Å². The zero-order valence-electron chi connectivity index (χ0n) is 13.1. The summed E-state index contributed by atoms with van der Waals surface area (Å²) in [5, 5.41) is 3.20. The quantitative estimate of drug-likeness (QED) is 0.923. The van der Waals surface area contributed by atoms with Gasteiger partial charge >= 0.3 is 0 Å². The van der Waals surface area contributed by atoms with Crippen molar-refractivity contribution in [3.8, 4) is 0 Å². The van der Waals surface area contributed by atoms with E-state index in [2.05, 4.69) is 5.32 Å². The molecule has 1 N–H and O–H groups in total. The summed E-state index contributed by atoms with van der Waals surface area (Å²) in [5.41, 5.74) is 1.82. The second-order valence-corrected chi connectivity index (χ2v) is 6.23. The molecular formula is C18H16ClFN2O2. The normalized spacial score (nSPS) is 16.3. The highest BCUT2D eigenvalue weighted by Crippen LogP contribution is 2.34. The van der Waals surface area contributed by atoms with Crippen LogP contribution in [-0.4, -0.2) is 23.8 Å². The van der Waals surface area contributed by atoms with Gasteiger partial charge in [0, 0.05) is 30.7 Å². The number of nitrogens with zero attached hydrogens (tertiary/aromatic N) is 1. The van der Waals surface area contributed by atoms with Crippen LogP contribution >= 0.6 is 11.6 Å². The van der Waals surface area contributed by atoms with Gasteiger partial charge in [-0.3, -0.25) is 9.59 Å². The van der Waals surface area contributed by atoms with Crippen LogP contribution in [0.2, 0.25) is 5.02 Å². The van der Waals surface area contributed by atoms with Gasteiger partial charge < -0.3 is 10.2 Å². The first-order chi connectivity index (χ1) is 11.5. The first-order valence-electron chi connectivity index (χ1n) is 7.53. The van der Waals surface area contributed by atoms with Crippen LogP contribution in [0.25, 0.3) is 0 Å². The SMILES string of the molecule is CN(Cc1ccccc1Cl)C(=O)C1CC(=O)Nc2cc(F)ccc21. The van der Waals surface area contributed by atoms with E-state index >= 15 is 0 Å². The van der Waals surface area contributed by atoms with E-state index in [9.17, 15) is 14.0 Å². The minimum Gasteiger partial charge on any atom is -0.341 e. The molecule has 0 spiro atoms. The first kappa shape index (κ1) is 16.5. The fourth-order valence-corrected chi connectivity index (χ4v) is 3.08. The van der Waals surface area contributed by atoms with Crippen LogP contribution in [0, 0.1) is 5.82 Å². The minimum absolute atomic E-state index is 0.0460. The van der Waals surface area contributed by atoms with E-state index in [1.807, 2.05) is 18.2 Å². The number of amides is 2. The average Bonchev–Trinajstić information content (AvgIpc) is 2.55. The fourth-order valence-electron chi connectivity index (χ4n) is 2.88. The summed E-state index contributed by atoms with van der Waals surface area (Å²) in [5.74, 6) is -1.57. The van der Waals surface area contributed by atoms with Crippen molar-refractivity contribution in [1.29, 1.82) is 0 Å². The van der Waals surface area contributed by atoms with Crippen LogP contribution in [-0.2, 0) is 16.1 Å². The minimum atomic E-state index is -0.623. The van der Waals surface area contributed by atoms with E-state index in [4.69, 9.17) is 11.6 Å². The Labute approximate surface area is 144 Å². The molecule has 0 saturated carbocycles. The van der Waals surface area contributed by atoms with Crippen molar-refractivity contribution in [1.82, 2.24) is 4.90 Å². The average molecular weight is 347 g/mol. The maximum Gasteiger partial charge on any atom is 0.230 e. The predicted molar refractivity (Wildman–Crippen MR) is 90.3 cm³/mol. The zero-order valence-corrected chi connectivity index (χ0v) is 13.8. The van der Waals surface area contributed by atoms with Crippen LogP contribution in [0.5, 0.6) is 0 Å². The van der Waals surface area contributed by atoms with Crippen LogP contribution in [0.3, 0.4) is 0 Å². The van der Waals surface area contributed by atoms with Gasteiger partial charge in [0.2, 0.25) is 11.8 Å². The van der Waals surface area contributed by atoms with E-state index in [0.717, 1.165) is 5.56 Å². The number of nitrogens with one attached hydrogen (secondary N) is 1. The Balaban J connectivity index is 1.85. The summed E-state index contributed by atoms with van der Waals surface area (Å²) in [6.07, 6.45) is 0.0460. The summed E-state index contributed by atoms with van der Waals surface area (Å²) in [7, 11) is 1.67. The number of anilines is 1. The zero-order chi connectivity index (χ0) is 17.3. The topological polar surface area (TPSA) is 49.4 Å². The molecule has 0 fully saturated rings. The van der Waals surface area contributed by atoms with Gasteiger partial charge in [-0.15, -0.1) is 0 Å². The largest absolute Gasteiger partial charge is 0.341 e. The van der Waals surface area contributed by atoms with Crippen molar-refractivity contribution in [2.75, 3.05) is 12.4 Å². The van der Waals surface area contributed by atoms with E-state index in [-0.39, 0.29) is 18.2 Å². The molecule has 6 heteroatoms. The smallest absolute Gasteiger partial charge is 0.230 e. The molecule has 0 saturated heterocycles. The third-order valence-corrected chi connectivity index (χ3v) is 4.46. The monoisotopic (exact) mass is 346 g/mol. The molecule has 0 radical (unpaired) electrons. The molecule has 1 aliphatic rings. The number of carbonyl (C=O) groups excluding carboxylic acids is 2. The van der Waals surface area contributed by atoms with Crippen molar-refractivity contribution in [3.63, 3.8) is 0 Å². The summed E-state index contributed by atoms with van der Waals surface area (Å²) in [4.78, 5) is 26.2. The molecule has 124 valence electrons. The third-order valence-electron chi connectivity index (χ3n) is 4.09. The molecule has 2 aromatic rings. The highest BCUT2D eigenvalue weighted by atomic mass is 35.5. The maximum absolute atomic E-state index is 13.4. The Kier molecular flexibility index (Phi) is 4.53. The van der Waals surface area contributed by atoms with Gasteiger partial charge in [-0.05, 0) is 29.3 Å². The van der Waals surface area contributed by atoms with Crippen LogP contribution in [0.4, 0.5) is 10.1 Å². The summed E-state index contributed by atoms with van der Waals surface area (Å²) in [6.45, 7) is 0.340. The van der Waals surface area contributed by atoms with Crippen LogP contribution < -0.4 is 5.32 Å². The molecule has 4 nitrogen and oxygen atoms in total. The highest BCUT2D eigenvalue weighted by Gasteiger charge is 2.32.